The fourth-order valence-electron chi connectivity index (χ4n) is 4.28. The van der Waals surface area contributed by atoms with Gasteiger partial charge in [0.2, 0.25) is 5.91 Å². The van der Waals surface area contributed by atoms with Gasteiger partial charge < -0.3 is 10.2 Å². The molecule has 0 spiro atoms. The van der Waals surface area contributed by atoms with E-state index < -0.39 is 0 Å². The molecular formula is C29H25N3O2. The third-order valence-corrected chi connectivity index (χ3v) is 6.30. The predicted octanol–water partition coefficient (Wildman–Crippen LogP) is 5.96. The van der Waals surface area contributed by atoms with Crippen molar-refractivity contribution in [1.29, 1.82) is 0 Å². The van der Waals surface area contributed by atoms with Gasteiger partial charge in [0.05, 0.1) is 12.5 Å². The SMILES string of the molecule is Cc1cc(-c2ccc(NC(=O)[C@H](C)c3ccc(N4Cc5ccccc5C4=O)cc3)cc2)ccn1. The van der Waals surface area contributed by atoms with Gasteiger partial charge >= 0.3 is 0 Å². The van der Waals surface area contributed by atoms with Crippen molar-refractivity contribution in [2.75, 3.05) is 10.2 Å². The van der Waals surface area contributed by atoms with Gasteiger partial charge in [0.1, 0.15) is 0 Å². The molecule has 5 rings (SSSR count). The van der Waals surface area contributed by atoms with Gasteiger partial charge in [0.25, 0.3) is 5.91 Å². The number of hydrogen-bond donors (Lipinski definition) is 1. The Hall–Kier alpha value is -4.25. The van der Waals surface area contributed by atoms with E-state index in [1.807, 2.05) is 98.8 Å². The van der Waals surface area contributed by atoms with Crippen molar-refractivity contribution in [2.24, 2.45) is 0 Å². The minimum atomic E-state index is -0.331. The van der Waals surface area contributed by atoms with Crippen LogP contribution in [0.5, 0.6) is 0 Å². The number of amides is 2. The summed E-state index contributed by atoms with van der Waals surface area (Å²) in [4.78, 5) is 31.6. The van der Waals surface area contributed by atoms with E-state index in [4.69, 9.17) is 0 Å². The second kappa shape index (κ2) is 8.94. The third-order valence-electron chi connectivity index (χ3n) is 6.30. The number of rotatable bonds is 5. The molecule has 0 saturated carbocycles. The molecule has 1 N–H and O–H groups in total. The highest BCUT2D eigenvalue weighted by Crippen LogP contribution is 2.30. The molecule has 3 aromatic carbocycles. The molecule has 5 heteroatoms. The fraction of sp³-hybridized carbons (Fsp3) is 0.138. The van der Waals surface area contributed by atoms with E-state index in [0.29, 0.717) is 6.54 Å². The summed E-state index contributed by atoms with van der Waals surface area (Å²) in [6.45, 7) is 4.42. The lowest BCUT2D eigenvalue weighted by Gasteiger charge is -2.18. The first-order valence-corrected chi connectivity index (χ1v) is 11.3. The maximum absolute atomic E-state index is 12.9. The summed E-state index contributed by atoms with van der Waals surface area (Å²) < 4.78 is 0. The highest BCUT2D eigenvalue weighted by atomic mass is 16.2. The fourth-order valence-corrected chi connectivity index (χ4v) is 4.28. The van der Waals surface area contributed by atoms with Crippen LogP contribution in [0.4, 0.5) is 11.4 Å². The third kappa shape index (κ3) is 4.20. The average Bonchev–Trinajstić information content (AvgIpc) is 3.20. The monoisotopic (exact) mass is 447 g/mol. The number of aromatic nitrogens is 1. The maximum Gasteiger partial charge on any atom is 0.258 e. The molecule has 2 amide bonds. The number of nitrogens with one attached hydrogen (secondary N) is 1. The number of hydrogen-bond acceptors (Lipinski definition) is 3. The molecule has 1 aliphatic heterocycles. The Morgan fingerprint density at radius 3 is 2.38 bits per heavy atom. The molecule has 0 radical (unpaired) electrons. The van der Waals surface area contributed by atoms with Gasteiger partial charge in [-0.25, -0.2) is 0 Å². The summed E-state index contributed by atoms with van der Waals surface area (Å²) in [6, 6.07) is 27.2. The zero-order valence-electron chi connectivity index (χ0n) is 19.2. The highest BCUT2D eigenvalue weighted by Gasteiger charge is 2.28. The normalized spacial score (nSPS) is 13.5. The first kappa shape index (κ1) is 21.6. The molecule has 168 valence electrons. The number of nitrogens with zero attached hydrogens (tertiary/aromatic N) is 2. The summed E-state index contributed by atoms with van der Waals surface area (Å²) >= 11 is 0. The minimum absolute atomic E-state index is 0.0134. The number of fused-ring (bicyclic) bond motifs is 1. The van der Waals surface area contributed by atoms with E-state index in [2.05, 4.69) is 10.3 Å². The second-order valence-corrected chi connectivity index (χ2v) is 8.61. The molecule has 0 aliphatic carbocycles. The van der Waals surface area contributed by atoms with Crippen molar-refractivity contribution in [3.63, 3.8) is 0 Å². The van der Waals surface area contributed by atoms with Crippen molar-refractivity contribution >= 4 is 23.2 Å². The quantitative estimate of drug-likeness (QED) is 0.411. The second-order valence-electron chi connectivity index (χ2n) is 8.61. The lowest BCUT2D eigenvalue weighted by Crippen LogP contribution is -2.23. The van der Waals surface area contributed by atoms with Crippen LogP contribution < -0.4 is 10.2 Å². The van der Waals surface area contributed by atoms with Crippen LogP contribution in [-0.4, -0.2) is 16.8 Å². The highest BCUT2D eigenvalue weighted by molar-refractivity contribution is 6.10. The number of carbonyl (C=O) groups excluding carboxylic acids is 2. The minimum Gasteiger partial charge on any atom is -0.326 e. The van der Waals surface area contributed by atoms with Crippen LogP contribution in [0, 0.1) is 6.92 Å². The molecular weight excluding hydrogens is 422 g/mol. The molecule has 1 aromatic heterocycles. The molecule has 0 saturated heterocycles. The Balaban J connectivity index is 1.25. The van der Waals surface area contributed by atoms with Crippen LogP contribution in [0.1, 0.15) is 40.0 Å². The van der Waals surface area contributed by atoms with E-state index in [1.54, 1.807) is 11.1 Å². The average molecular weight is 448 g/mol. The zero-order valence-corrected chi connectivity index (χ0v) is 19.2. The largest absolute Gasteiger partial charge is 0.326 e. The molecule has 0 fully saturated rings. The molecule has 2 heterocycles. The van der Waals surface area contributed by atoms with Gasteiger partial charge in [0, 0.05) is 28.8 Å². The Morgan fingerprint density at radius 2 is 1.68 bits per heavy atom. The van der Waals surface area contributed by atoms with E-state index >= 15 is 0 Å². The van der Waals surface area contributed by atoms with E-state index in [1.165, 1.54) is 0 Å². The topological polar surface area (TPSA) is 62.3 Å². The van der Waals surface area contributed by atoms with E-state index in [-0.39, 0.29) is 17.7 Å². The van der Waals surface area contributed by atoms with E-state index in [0.717, 1.165) is 44.9 Å². The van der Waals surface area contributed by atoms with Gasteiger partial charge in [-0.15, -0.1) is 0 Å². The number of anilines is 2. The van der Waals surface area contributed by atoms with Gasteiger partial charge in [0.15, 0.2) is 0 Å². The van der Waals surface area contributed by atoms with E-state index in [9.17, 15) is 9.59 Å². The molecule has 34 heavy (non-hydrogen) atoms. The lowest BCUT2D eigenvalue weighted by atomic mass is 9.99. The smallest absolute Gasteiger partial charge is 0.258 e. The van der Waals surface area contributed by atoms with Crippen LogP contribution >= 0.6 is 0 Å². The standard InChI is InChI=1S/C29H25N3O2/c1-19-17-23(15-16-30-19)22-7-11-25(12-8-22)31-28(33)20(2)21-9-13-26(14-10-21)32-18-24-5-3-4-6-27(24)29(32)34/h3-17,20H,18H2,1-2H3,(H,31,33)/t20-/m1/s1. The number of carbonyl (C=O) groups is 2. The van der Waals surface area contributed by atoms with Crippen molar-refractivity contribution in [3.05, 3.63) is 114 Å². The van der Waals surface area contributed by atoms with Crippen LogP contribution in [0.2, 0.25) is 0 Å². The molecule has 5 nitrogen and oxygen atoms in total. The van der Waals surface area contributed by atoms with Crippen molar-refractivity contribution in [3.8, 4) is 11.1 Å². The first-order valence-electron chi connectivity index (χ1n) is 11.3. The lowest BCUT2D eigenvalue weighted by molar-refractivity contribution is -0.117. The van der Waals surface area contributed by atoms with Crippen LogP contribution in [0.25, 0.3) is 11.1 Å². The maximum atomic E-state index is 12.9. The van der Waals surface area contributed by atoms with Crippen LogP contribution in [0.15, 0.2) is 91.1 Å². The van der Waals surface area contributed by atoms with Crippen LogP contribution in [-0.2, 0) is 11.3 Å². The summed E-state index contributed by atoms with van der Waals surface area (Å²) in [5, 5.41) is 3.00. The molecule has 1 aliphatic rings. The first-order chi connectivity index (χ1) is 16.5. The Kier molecular flexibility index (Phi) is 5.68. The zero-order chi connectivity index (χ0) is 23.7. The van der Waals surface area contributed by atoms with Gasteiger partial charge in [-0.3, -0.25) is 14.6 Å². The van der Waals surface area contributed by atoms with Gasteiger partial charge in [-0.2, -0.15) is 0 Å². The Bertz CT molecular complexity index is 1360. The molecule has 1 atom stereocenters. The number of aryl methyl sites for hydroxylation is 1. The molecule has 0 bridgehead atoms. The number of benzene rings is 3. The van der Waals surface area contributed by atoms with Crippen molar-refractivity contribution < 1.29 is 9.59 Å². The van der Waals surface area contributed by atoms with Gasteiger partial charge in [-0.1, -0.05) is 42.5 Å². The van der Waals surface area contributed by atoms with Crippen molar-refractivity contribution in [2.45, 2.75) is 26.3 Å². The summed E-state index contributed by atoms with van der Waals surface area (Å²) in [5.41, 5.74) is 7.41. The Morgan fingerprint density at radius 1 is 0.941 bits per heavy atom. The summed E-state index contributed by atoms with van der Waals surface area (Å²) in [7, 11) is 0. The number of pyridine rings is 1. The predicted molar refractivity (Wildman–Crippen MR) is 135 cm³/mol. The van der Waals surface area contributed by atoms with Crippen LogP contribution in [0.3, 0.4) is 0 Å². The molecule has 0 unspecified atom stereocenters. The van der Waals surface area contributed by atoms with Gasteiger partial charge in [-0.05, 0) is 78.6 Å². The Labute approximate surface area is 199 Å². The summed E-state index contributed by atoms with van der Waals surface area (Å²) in [6.07, 6.45) is 1.80. The molecule has 4 aromatic rings. The summed E-state index contributed by atoms with van der Waals surface area (Å²) in [5.74, 6) is -0.396. The van der Waals surface area contributed by atoms with Crippen molar-refractivity contribution in [1.82, 2.24) is 4.98 Å².